The number of nitrogens with one attached hydrogen (secondary N) is 1. The molecular weight excluding hydrogens is 282 g/mol. The molecule has 0 bridgehead atoms. The van der Waals surface area contributed by atoms with Gasteiger partial charge in [-0.25, -0.2) is 13.8 Å². The van der Waals surface area contributed by atoms with Gasteiger partial charge in [0.05, 0.1) is 10.3 Å². The number of rotatable bonds is 4. The van der Waals surface area contributed by atoms with Crippen molar-refractivity contribution in [3.05, 3.63) is 54.2 Å². The largest absolute Gasteiger partial charge is 0.325 e. The van der Waals surface area contributed by atoms with E-state index in [1.807, 2.05) is 6.07 Å². The molecule has 3 nitrogen and oxygen atoms in total. The van der Waals surface area contributed by atoms with Gasteiger partial charge in [-0.05, 0) is 31.2 Å². The molecule has 0 radical (unpaired) electrons. The first-order chi connectivity index (χ1) is 9.56. The summed E-state index contributed by atoms with van der Waals surface area (Å²) < 4.78 is 25.8. The van der Waals surface area contributed by atoms with Crippen molar-refractivity contribution in [1.82, 2.24) is 4.98 Å². The van der Waals surface area contributed by atoms with E-state index in [9.17, 15) is 13.6 Å². The number of nitrogens with zero attached hydrogens (tertiary/aromatic N) is 1. The van der Waals surface area contributed by atoms with Crippen molar-refractivity contribution >= 4 is 23.4 Å². The second-order valence-electron chi connectivity index (χ2n) is 4.05. The maximum Gasteiger partial charge on any atom is 0.237 e. The van der Waals surface area contributed by atoms with Crippen LogP contribution in [0.15, 0.2) is 47.6 Å². The molecule has 0 spiro atoms. The smallest absolute Gasteiger partial charge is 0.237 e. The van der Waals surface area contributed by atoms with Gasteiger partial charge in [-0.1, -0.05) is 17.8 Å². The number of hydrogen-bond donors (Lipinski definition) is 1. The molecule has 0 aliphatic rings. The third-order valence-electron chi connectivity index (χ3n) is 2.49. The predicted octanol–water partition coefficient (Wildman–Crippen LogP) is 3.48. The minimum absolute atomic E-state index is 0.224. The van der Waals surface area contributed by atoms with Gasteiger partial charge >= 0.3 is 0 Å². The van der Waals surface area contributed by atoms with Gasteiger partial charge in [-0.2, -0.15) is 0 Å². The van der Waals surface area contributed by atoms with Crippen LogP contribution in [0, 0.1) is 11.6 Å². The van der Waals surface area contributed by atoms with Crippen LogP contribution in [0.25, 0.3) is 0 Å². The summed E-state index contributed by atoms with van der Waals surface area (Å²) in [5.74, 6) is -2.24. The third-order valence-corrected chi connectivity index (χ3v) is 3.54. The molecule has 0 unspecified atom stereocenters. The molecule has 104 valence electrons. The fraction of sp³-hybridized carbons (Fsp3) is 0.143. The molecule has 2 rings (SSSR count). The molecule has 0 fully saturated rings. The van der Waals surface area contributed by atoms with Gasteiger partial charge in [0.25, 0.3) is 0 Å². The number of halogens is 2. The van der Waals surface area contributed by atoms with Crippen LogP contribution in [0.3, 0.4) is 0 Å². The van der Waals surface area contributed by atoms with E-state index in [4.69, 9.17) is 0 Å². The molecule has 1 aromatic heterocycles. The average molecular weight is 294 g/mol. The lowest BCUT2D eigenvalue weighted by atomic mass is 10.3. The highest BCUT2D eigenvalue weighted by Gasteiger charge is 2.15. The van der Waals surface area contributed by atoms with Crippen molar-refractivity contribution in [1.29, 1.82) is 0 Å². The van der Waals surface area contributed by atoms with E-state index >= 15 is 0 Å². The lowest BCUT2D eigenvalue weighted by Crippen LogP contribution is -2.22. The van der Waals surface area contributed by atoms with Crippen molar-refractivity contribution in [3.8, 4) is 0 Å². The lowest BCUT2D eigenvalue weighted by Gasteiger charge is -2.11. The minimum atomic E-state index is -0.993. The van der Waals surface area contributed by atoms with Gasteiger partial charge in [0.2, 0.25) is 5.91 Å². The minimum Gasteiger partial charge on any atom is -0.325 e. The normalized spacial score (nSPS) is 11.9. The standard InChI is InChI=1S/C14H12F2N2OS/c1-9(20-13-4-2-3-7-17-13)14(19)18-10-5-6-11(15)12(16)8-10/h2-9H,1H3,(H,18,19)/t9-/m0/s1. The highest BCUT2D eigenvalue weighted by molar-refractivity contribution is 8.00. The molecule has 1 heterocycles. The Morgan fingerprint density at radius 2 is 2.05 bits per heavy atom. The van der Waals surface area contributed by atoms with Crippen LogP contribution in [0.4, 0.5) is 14.5 Å². The number of anilines is 1. The zero-order chi connectivity index (χ0) is 14.5. The molecule has 0 aliphatic carbocycles. The summed E-state index contributed by atoms with van der Waals surface area (Å²) in [5.41, 5.74) is 0.224. The topological polar surface area (TPSA) is 42.0 Å². The number of pyridine rings is 1. The van der Waals surface area contributed by atoms with E-state index < -0.39 is 16.9 Å². The van der Waals surface area contributed by atoms with Crippen molar-refractivity contribution < 1.29 is 13.6 Å². The first-order valence-electron chi connectivity index (χ1n) is 5.90. The van der Waals surface area contributed by atoms with E-state index in [-0.39, 0.29) is 11.6 Å². The monoisotopic (exact) mass is 294 g/mol. The van der Waals surface area contributed by atoms with Gasteiger partial charge in [-0.15, -0.1) is 0 Å². The number of hydrogen-bond acceptors (Lipinski definition) is 3. The van der Waals surface area contributed by atoms with Crippen LogP contribution in [0.1, 0.15) is 6.92 Å². The number of amides is 1. The Hall–Kier alpha value is -1.95. The Labute approximate surface area is 119 Å². The summed E-state index contributed by atoms with van der Waals surface area (Å²) in [6.07, 6.45) is 1.64. The predicted molar refractivity (Wildman–Crippen MR) is 74.5 cm³/mol. The zero-order valence-electron chi connectivity index (χ0n) is 10.6. The molecule has 0 saturated heterocycles. The Morgan fingerprint density at radius 1 is 1.25 bits per heavy atom. The van der Waals surface area contributed by atoms with Crippen LogP contribution in [0.5, 0.6) is 0 Å². The summed E-state index contributed by atoms with van der Waals surface area (Å²) >= 11 is 1.29. The van der Waals surface area contributed by atoms with Crippen LogP contribution in [0.2, 0.25) is 0 Å². The van der Waals surface area contributed by atoms with Crippen LogP contribution in [-0.2, 0) is 4.79 Å². The van der Waals surface area contributed by atoms with E-state index in [1.54, 1.807) is 25.3 Å². The maximum absolute atomic E-state index is 13.0. The first kappa shape index (κ1) is 14.5. The highest BCUT2D eigenvalue weighted by atomic mass is 32.2. The molecule has 6 heteroatoms. The van der Waals surface area contributed by atoms with Crippen molar-refractivity contribution in [3.63, 3.8) is 0 Å². The number of thioether (sulfide) groups is 1. The Balaban J connectivity index is 1.99. The number of benzene rings is 1. The Bertz CT molecular complexity index is 607. The molecule has 0 saturated carbocycles. The number of aromatic nitrogens is 1. The van der Waals surface area contributed by atoms with E-state index in [1.165, 1.54) is 17.8 Å². The summed E-state index contributed by atoms with van der Waals surface area (Å²) in [5, 5.41) is 2.85. The zero-order valence-corrected chi connectivity index (χ0v) is 11.5. The fourth-order valence-corrected chi connectivity index (χ4v) is 2.28. The summed E-state index contributed by atoms with van der Waals surface area (Å²) in [7, 11) is 0. The molecule has 1 aromatic carbocycles. The second kappa shape index (κ2) is 6.47. The van der Waals surface area contributed by atoms with Crippen molar-refractivity contribution in [2.45, 2.75) is 17.2 Å². The van der Waals surface area contributed by atoms with Gasteiger partial charge in [0.15, 0.2) is 11.6 Å². The van der Waals surface area contributed by atoms with Crippen molar-refractivity contribution in [2.24, 2.45) is 0 Å². The molecule has 1 amide bonds. The number of carbonyl (C=O) groups excluding carboxylic acids is 1. The van der Waals surface area contributed by atoms with Gasteiger partial charge in [-0.3, -0.25) is 4.79 Å². The quantitative estimate of drug-likeness (QED) is 0.878. The van der Waals surface area contributed by atoms with Crippen LogP contribution < -0.4 is 5.32 Å². The molecule has 1 N–H and O–H groups in total. The highest BCUT2D eigenvalue weighted by Crippen LogP contribution is 2.22. The Kier molecular flexibility index (Phi) is 4.68. The average Bonchev–Trinajstić information content (AvgIpc) is 2.44. The fourth-order valence-electron chi connectivity index (χ4n) is 1.47. The third kappa shape index (κ3) is 3.77. The number of carbonyl (C=O) groups is 1. The van der Waals surface area contributed by atoms with E-state index in [2.05, 4.69) is 10.3 Å². The second-order valence-corrected chi connectivity index (χ2v) is 5.41. The molecule has 20 heavy (non-hydrogen) atoms. The van der Waals surface area contributed by atoms with Crippen molar-refractivity contribution in [2.75, 3.05) is 5.32 Å². The van der Waals surface area contributed by atoms with Gasteiger partial charge in [0.1, 0.15) is 0 Å². The molecular formula is C14H12F2N2OS. The van der Waals surface area contributed by atoms with E-state index in [0.717, 1.165) is 17.2 Å². The van der Waals surface area contributed by atoms with Crippen LogP contribution >= 0.6 is 11.8 Å². The molecule has 1 atom stereocenters. The SMILES string of the molecule is C[C@H](Sc1ccccn1)C(=O)Nc1ccc(F)c(F)c1. The van der Waals surface area contributed by atoms with E-state index in [0.29, 0.717) is 0 Å². The summed E-state index contributed by atoms with van der Waals surface area (Å²) in [6, 6.07) is 8.65. The summed E-state index contributed by atoms with van der Waals surface area (Å²) in [4.78, 5) is 16.0. The molecule has 2 aromatic rings. The Morgan fingerprint density at radius 3 is 2.70 bits per heavy atom. The van der Waals surface area contributed by atoms with Crippen LogP contribution in [-0.4, -0.2) is 16.1 Å². The first-order valence-corrected chi connectivity index (χ1v) is 6.78. The summed E-state index contributed by atoms with van der Waals surface area (Å²) in [6.45, 7) is 1.72. The van der Waals surface area contributed by atoms with Gasteiger partial charge < -0.3 is 5.32 Å². The lowest BCUT2D eigenvalue weighted by molar-refractivity contribution is -0.115. The van der Waals surface area contributed by atoms with Gasteiger partial charge in [0, 0.05) is 18.0 Å². The maximum atomic E-state index is 13.0. The molecule has 0 aliphatic heterocycles.